The first kappa shape index (κ1) is 11.7. The van der Waals surface area contributed by atoms with E-state index >= 15 is 0 Å². The van der Waals surface area contributed by atoms with Gasteiger partial charge in [0.2, 0.25) is 0 Å². The highest BCUT2D eigenvalue weighted by molar-refractivity contribution is 5.81. The summed E-state index contributed by atoms with van der Waals surface area (Å²) >= 11 is 0. The molecule has 0 radical (unpaired) electrons. The van der Waals surface area contributed by atoms with Crippen LogP contribution in [0.15, 0.2) is 0 Å². The Hall–Kier alpha value is -0.370. The fourth-order valence-electron chi connectivity index (χ4n) is 4.64. The molecule has 0 amide bonds. The van der Waals surface area contributed by atoms with Gasteiger partial charge in [-0.05, 0) is 43.9 Å². The highest BCUT2D eigenvalue weighted by Crippen LogP contribution is 2.41. The van der Waals surface area contributed by atoms with Crippen molar-refractivity contribution in [3.63, 3.8) is 0 Å². The predicted molar refractivity (Wildman–Crippen MR) is 68.9 cm³/mol. The second-order valence-electron chi connectivity index (χ2n) is 6.74. The SMILES string of the molecule is CC1CCC(N2C3CCC2CC(=O)C3)C(C)C1. The van der Waals surface area contributed by atoms with Crippen molar-refractivity contribution < 1.29 is 4.79 Å². The van der Waals surface area contributed by atoms with Crippen molar-refractivity contribution in [2.45, 2.75) is 76.9 Å². The lowest BCUT2D eigenvalue weighted by Crippen LogP contribution is -2.52. The van der Waals surface area contributed by atoms with Gasteiger partial charge in [0, 0.05) is 31.0 Å². The number of Topliss-reactive ketones (excluding diaryl/α,β-unsaturated/α-hetero) is 1. The van der Waals surface area contributed by atoms with Crippen molar-refractivity contribution in [3.05, 3.63) is 0 Å². The minimum absolute atomic E-state index is 0.519. The first-order valence-corrected chi connectivity index (χ1v) is 7.44. The molecule has 2 nitrogen and oxygen atoms in total. The van der Waals surface area contributed by atoms with Crippen LogP contribution in [0, 0.1) is 11.8 Å². The van der Waals surface area contributed by atoms with Crippen molar-refractivity contribution in [3.8, 4) is 0 Å². The van der Waals surface area contributed by atoms with Gasteiger partial charge in [-0.1, -0.05) is 13.8 Å². The third-order valence-electron chi connectivity index (χ3n) is 5.37. The van der Waals surface area contributed by atoms with Crippen LogP contribution in [0.4, 0.5) is 0 Å². The van der Waals surface area contributed by atoms with Crippen LogP contribution in [-0.4, -0.2) is 28.8 Å². The minimum atomic E-state index is 0.519. The third kappa shape index (κ3) is 2.05. The van der Waals surface area contributed by atoms with Crippen LogP contribution >= 0.6 is 0 Å². The Morgan fingerprint density at radius 2 is 1.65 bits per heavy atom. The van der Waals surface area contributed by atoms with Crippen LogP contribution in [0.2, 0.25) is 0 Å². The molecule has 0 aromatic heterocycles. The lowest BCUT2D eigenvalue weighted by Gasteiger charge is -2.46. The Morgan fingerprint density at radius 1 is 1.00 bits per heavy atom. The summed E-state index contributed by atoms with van der Waals surface area (Å²) in [6.45, 7) is 4.82. The number of ketones is 1. The normalized spacial score (nSPS) is 47.4. The molecule has 96 valence electrons. The van der Waals surface area contributed by atoms with Crippen molar-refractivity contribution >= 4 is 5.78 Å². The van der Waals surface area contributed by atoms with Crippen molar-refractivity contribution in [1.29, 1.82) is 0 Å². The Morgan fingerprint density at radius 3 is 2.24 bits per heavy atom. The number of rotatable bonds is 1. The third-order valence-corrected chi connectivity index (χ3v) is 5.37. The van der Waals surface area contributed by atoms with Gasteiger partial charge in [0.1, 0.15) is 5.78 Å². The van der Waals surface area contributed by atoms with Crippen molar-refractivity contribution in [2.24, 2.45) is 11.8 Å². The molecular formula is C15H25NO. The number of hydrogen-bond donors (Lipinski definition) is 0. The maximum absolute atomic E-state index is 11.7. The number of hydrogen-bond acceptors (Lipinski definition) is 2. The predicted octanol–water partition coefficient (Wildman–Crippen LogP) is 3.01. The van der Waals surface area contributed by atoms with Gasteiger partial charge in [-0.25, -0.2) is 0 Å². The Bertz CT molecular complexity index is 298. The first-order chi connectivity index (χ1) is 8.15. The van der Waals surface area contributed by atoms with E-state index < -0.39 is 0 Å². The van der Waals surface area contributed by atoms with Gasteiger partial charge in [0.05, 0.1) is 0 Å². The quantitative estimate of drug-likeness (QED) is 0.696. The smallest absolute Gasteiger partial charge is 0.136 e. The van der Waals surface area contributed by atoms with Crippen LogP contribution in [-0.2, 0) is 4.79 Å². The topological polar surface area (TPSA) is 20.3 Å². The highest BCUT2D eigenvalue weighted by atomic mass is 16.1. The van der Waals surface area contributed by atoms with E-state index in [9.17, 15) is 4.79 Å². The van der Waals surface area contributed by atoms with E-state index in [0.717, 1.165) is 30.7 Å². The monoisotopic (exact) mass is 235 g/mol. The van der Waals surface area contributed by atoms with Gasteiger partial charge in [-0.15, -0.1) is 0 Å². The molecule has 0 N–H and O–H groups in total. The van der Waals surface area contributed by atoms with Crippen LogP contribution < -0.4 is 0 Å². The van der Waals surface area contributed by atoms with Gasteiger partial charge in [-0.2, -0.15) is 0 Å². The van der Waals surface area contributed by atoms with Gasteiger partial charge >= 0.3 is 0 Å². The van der Waals surface area contributed by atoms with E-state index in [0.29, 0.717) is 17.9 Å². The fourth-order valence-corrected chi connectivity index (χ4v) is 4.64. The summed E-state index contributed by atoms with van der Waals surface area (Å²) < 4.78 is 0. The molecule has 0 spiro atoms. The Labute approximate surface area is 105 Å². The summed E-state index contributed by atoms with van der Waals surface area (Å²) in [6.07, 6.45) is 8.37. The average Bonchev–Trinajstić information content (AvgIpc) is 2.53. The van der Waals surface area contributed by atoms with Crippen molar-refractivity contribution in [2.75, 3.05) is 0 Å². The fraction of sp³-hybridized carbons (Fsp3) is 0.933. The summed E-state index contributed by atoms with van der Waals surface area (Å²) in [5.74, 6) is 2.26. The molecule has 2 heteroatoms. The standard InChI is InChI=1S/C15H25NO/c1-10-3-6-15(11(2)7-10)16-12-4-5-13(16)9-14(17)8-12/h10-13,15H,3-9H2,1-2H3. The number of carbonyl (C=O) groups is 1. The summed E-state index contributed by atoms with van der Waals surface area (Å²) in [5, 5.41) is 0. The van der Waals surface area contributed by atoms with E-state index in [1.165, 1.54) is 32.1 Å². The summed E-state index contributed by atoms with van der Waals surface area (Å²) in [4.78, 5) is 14.4. The molecule has 5 unspecified atom stereocenters. The van der Waals surface area contributed by atoms with E-state index in [1.807, 2.05) is 0 Å². The second-order valence-corrected chi connectivity index (χ2v) is 6.74. The molecule has 2 saturated heterocycles. The number of carbonyl (C=O) groups excluding carboxylic acids is 1. The largest absolute Gasteiger partial charge is 0.300 e. The Kier molecular flexibility index (Phi) is 3.02. The molecule has 3 fully saturated rings. The summed E-state index contributed by atoms with van der Waals surface area (Å²) in [6, 6.07) is 1.97. The lowest BCUT2D eigenvalue weighted by atomic mass is 9.78. The molecule has 3 aliphatic rings. The van der Waals surface area contributed by atoms with E-state index in [4.69, 9.17) is 0 Å². The Balaban J connectivity index is 1.74. The van der Waals surface area contributed by atoms with Gasteiger partial charge < -0.3 is 0 Å². The van der Waals surface area contributed by atoms with Crippen LogP contribution in [0.1, 0.15) is 58.8 Å². The molecule has 0 aromatic carbocycles. The molecule has 17 heavy (non-hydrogen) atoms. The molecule has 5 atom stereocenters. The van der Waals surface area contributed by atoms with Crippen molar-refractivity contribution in [1.82, 2.24) is 4.90 Å². The van der Waals surface area contributed by atoms with Crippen LogP contribution in [0.5, 0.6) is 0 Å². The molecule has 1 aliphatic carbocycles. The summed E-state index contributed by atoms with van der Waals surface area (Å²) in [7, 11) is 0. The molecule has 0 aromatic rings. The molecule has 2 aliphatic heterocycles. The molecule has 2 bridgehead atoms. The average molecular weight is 235 g/mol. The zero-order valence-electron chi connectivity index (χ0n) is 11.2. The van der Waals surface area contributed by atoms with Gasteiger partial charge in [-0.3, -0.25) is 9.69 Å². The van der Waals surface area contributed by atoms with E-state index in [2.05, 4.69) is 18.7 Å². The van der Waals surface area contributed by atoms with E-state index in [1.54, 1.807) is 0 Å². The first-order valence-electron chi connectivity index (χ1n) is 7.44. The van der Waals surface area contributed by atoms with Gasteiger partial charge in [0.25, 0.3) is 0 Å². The highest BCUT2D eigenvalue weighted by Gasteiger charge is 2.45. The lowest BCUT2D eigenvalue weighted by molar-refractivity contribution is -0.125. The molecule has 1 saturated carbocycles. The zero-order chi connectivity index (χ0) is 12.0. The molecule has 2 heterocycles. The maximum atomic E-state index is 11.7. The van der Waals surface area contributed by atoms with Crippen LogP contribution in [0.25, 0.3) is 0 Å². The van der Waals surface area contributed by atoms with E-state index in [-0.39, 0.29) is 0 Å². The minimum Gasteiger partial charge on any atom is -0.300 e. The maximum Gasteiger partial charge on any atom is 0.136 e. The molecular weight excluding hydrogens is 210 g/mol. The number of piperidine rings is 1. The zero-order valence-corrected chi connectivity index (χ0v) is 11.2. The van der Waals surface area contributed by atoms with Gasteiger partial charge in [0.15, 0.2) is 0 Å². The summed E-state index contributed by atoms with van der Waals surface area (Å²) in [5.41, 5.74) is 0. The number of nitrogens with zero attached hydrogens (tertiary/aromatic N) is 1. The number of fused-ring (bicyclic) bond motifs is 2. The van der Waals surface area contributed by atoms with Crippen LogP contribution in [0.3, 0.4) is 0 Å². The second kappa shape index (κ2) is 4.38. The molecule has 3 rings (SSSR count).